The van der Waals surface area contributed by atoms with Crippen LogP contribution >= 0.6 is 34.7 Å². The first-order chi connectivity index (χ1) is 13.8. The third-order valence-corrected chi connectivity index (χ3v) is 7.06. The van der Waals surface area contributed by atoms with Crippen LogP contribution in [0.15, 0.2) is 57.6 Å². The Morgan fingerprint density at radius 3 is 2.48 bits per heavy atom. The molecular formula is C22H19ClN2O2S2. The third kappa shape index (κ3) is 4.48. The summed E-state index contributed by atoms with van der Waals surface area (Å²) in [5.74, 6) is -0.358. The molecule has 4 nitrogen and oxygen atoms in total. The summed E-state index contributed by atoms with van der Waals surface area (Å²) < 4.78 is 0. The number of ketones is 2. The number of nitriles is 1. The number of halogens is 1. The molecule has 1 aliphatic heterocycles. The predicted molar refractivity (Wildman–Crippen MR) is 119 cm³/mol. The van der Waals surface area contributed by atoms with Gasteiger partial charge in [-0.2, -0.15) is 5.26 Å². The molecule has 0 saturated carbocycles. The van der Waals surface area contributed by atoms with Crippen LogP contribution in [0.3, 0.4) is 0 Å². The van der Waals surface area contributed by atoms with Gasteiger partial charge in [0.1, 0.15) is 0 Å². The zero-order valence-electron chi connectivity index (χ0n) is 16.2. The lowest BCUT2D eigenvalue weighted by molar-refractivity contribution is -0.113. The van der Waals surface area contributed by atoms with Crippen molar-refractivity contribution in [3.8, 4) is 6.07 Å². The van der Waals surface area contributed by atoms with Gasteiger partial charge in [-0.1, -0.05) is 23.4 Å². The van der Waals surface area contributed by atoms with E-state index in [9.17, 15) is 14.9 Å². The zero-order chi connectivity index (χ0) is 21.1. The summed E-state index contributed by atoms with van der Waals surface area (Å²) in [4.78, 5) is 25.9. The number of dihydropyridines is 1. The number of hydrogen-bond donors (Lipinski definition) is 1. The molecule has 0 amide bonds. The summed E-state index contributed by atoms with van der Waals surface area (Å²) in [6, 6.07) is 11.0. The van der Waals surface area contributed by atoms with Crippen molar-refractivity contribution < 1.29 is 9.59 Å². The maximum absolute atomic E-state index is 12.6. The molecule has 1 atom stereocenters. The molecular weight excluding hydrogens is 424 g/mol. The molecule has 3 rings (SSSR count). The molecule has 2 aromatic rings. The number of benzene rings is 1. The second-order valence-corrected chi connectivity index (χ2v) is 9.06. The fourth-order valence-corrected chi connectivity index (χ4v) is 5.45. The van der Waals surface area contributed by atoms with Gasteiger partial charge >= 0.3 is 0 Å². The molecule has 2 heterocycles. The van der Waals surface area contributed by atoms with E-state index in [-0.39, 0.29) is 17.3 Å². The lowest BCUT2D eigenvalue weighted by Gasteiger charge is -2.29. The van der Waals surface area contributed by atoms with Crippen LogP contribution < -0.4 is 5.32 Å². The van der Waals surface area contributed by atoms with Crippen LogP contribution in [-0.2, 0) is 4.79 Å². The van der Waals surface area contributed by atoms with Gasteiger partial charge in [0.15, 0.2) is 11.6 Å². The summed E-state index contributed by atoms with van der Waals surface area (Å²) in [6.07, 6.45) is 0. The quantitative estimate of drug-likeness (QED) is 0.588. The van der Waals surface area contributed by atoms with Gasteiger partial charge < -0.3 is 5.32 Å². The van der Waals surface area contributed by atoms with Gasteiger partial charge in [-0.3, -0.25) is 9.59 Å². The maximum Gasteiger partial charge on any atom is 0.173 e. The normalized spacial score (nSPS) is 16.4. The summed E-state index contributed by atoms with van der Waals surface area (Å²) in [6.45, 7) is 5.34. The topological polar surface area (TPSA) is 70.0 Å². The Balaban J connectivity index is 1.94. The van der Waals surface area contributed by atoms with Crippen molar-refractivity contribution >= 4 is 46.3 Å². The van der Waals surface area contributed by atoms with E-state index in [4.69, 9.17) is 11.6 Å². The van der Waals surface area contributed by atoms with Crippen LogP contribution in [0.2, 0.25) is 5.02 Å². The Morgan fingerprint density at radius 1 is 1.24 bits per heavy atom. The molecule has 0 radical (unpaired) electrons. The van der Waals surface area contributed by atoms with Crippen molar-refractivity contribution in [2.24, 2.45) is 0 Å². The van der Waals surface area contributed by atoms with E-state index < -0.39 is 5.92 Å². The molecule has 1 aromatic heterocycles. The molecule has 7 heteroatoms. The second-order valence-electron chi connectivity index (χ2n) is 6.69. The second kappa shape index (κ2) is 9.00. The first kappa shape index (κ1) is 21.4. The molecule has 0 fully saturated rings. The average molecular weight is 443 g/mol. The Bertz CT molecular complexity index is 1070. The molecule has 29 heavy (non-hydrogen) atoms. The molecule has 0 bridgehead atoms. The number of nitrogens with one attached hydrogen (secondary N) is 1. The Hall–Kier alpha value is -2.33. The highest BCUT2D eigenvalue weighted by Crippen LogP contribution is 2.43. The molecule has 0 unspecified atom stereocenters. The van der Waals surface area contributed by atoms with Gasteiger partial charge in [0.2, 0.25) is 0 Å². The van der Waals surface area contributed by atoms with Crippen LogP contribution in [-0.4, -0.2) is 17.3 Å². The van der Waals surface area contributed by atoms with E-state index in [0.29, 0.717) is 26.8 Å². The van der Waals surface area contributed by atoms with Crippen molar-refractivity contribution in [1.29, 1.82) is 5.26 Å². The monoisotopic (exact) mass is 442 g/mol. The molecule has 1 aliphatic rings. The van der Waals surface area contributed by atoms with Gasteiger partial charge in [-0.25, -0.2) is 0 Å². The molecule has 148 valence electrons. The standard InChI is InChI=1S/C22H19ClN2O2S2/c1-12-8-9-28-21(12)20-17(10-24)22(25-13(2)19(20)14(3)26)29-11-18(27)15-4-6-16(23)7-5-15/h4-9,20,25H,11H2,1-3H3/t20-/m0/s1. The molecule has 0 saturated heterocycles. The zero-order valence-corrected chi connectivity index (χ0v) is 18.6. The van der Waals surface area contributed by atoms with Crippen LogP contribution in [0.25, 0.3) is 0 Å². The number of thioether (sulfide) groups is 1. The van der Waals surface area contributed by atoms with Crippen molar-refractivity contribution in [2.45, 2.75) is 26.7 Å². The molecule has 0 spiro atoms. The number of carbonyl (C=O) groups is 2. The number of nitrogens with zero attached hydrogens (tertiary/aromatic N) is 1. The van der Waals surface area contributed by atoms with E-state index in [1.165, 1.54) is 30.0 Å². The van der Waals surface area contributed by atoms with Gasteiger partial charge in [0.05, 0.1) is 28.3 Å². The molecule has 1 aromatic carbocycles. The summed E-state index contributed by atoms with van der Waals surface area (Å²) in [5, 5.41) is 16.3. The van der Waals surface area contributed by atoms with Gasteiger partial charge in [-0.15, -0.1) is 11.3 Å². The van der Waals surface area contributed by atoms with E-state index in [0.717, 1.165) is 16.1 Å². The number of aryl methyl sites for hydroxylation is 1. The lowest BCUT2D eigenvalue weighted by atomic mass is 9.84. The van der Waals surface area contributed by atoms with Gasteiger partial charge in [0, 0.05) is 26.7 Å². The number of hydrogen-bond acceptors (Lipinski definition) is 6. The van der Waals surface area contributed by atoms with Crippen molar-refractivity contribution in [3.05, 3.63) is 78.6 Å². The summed E-state index contributed by atoms with van der Waals surface area (Å²) >= 11 is 8.70. The van der Waals surface area contributed by atoms with Gasteiger partial charge in [-0.05, 0) is 62.0 Å². The molecule has 0 aliphatic carbocycles. The summed E-state index contributed by atoms with van der Waals surface area (Å²) in [5.41, 5.74) is 3.40. The first-order valence-electron chi connectivity index (χ1n) is 8.92. The first-order valence-corrected chi connectivity index (χ1v) is 11.2. The number of thiophene rings is 1. The Kier molecular flexibility index (Phi) is 6.63. The smallest absolute Gasteiger partial charge is 0.173 e. The fourth-order valence-electron chi connectivity index (χ4n) is 3.29. The predicted octanol–water partition coefficient (Wildman–Crippen LogP) is 5.61. The maximum atomic E-state index is 12.6. The van der Waals surface area contributed by atoms with Crippen LogP contribution in [0.1, 0.15) is 40.6 Å². The minimum absolute atomic E-state index is 0.0545. The SMILES string of the molecule is CC(=O)C1=C(C)NC(SCC(=O)c2ccc(Cl)cc2)=C(C#N)[C@@H]1c1sccc1C. The minimum atomic E-state index is -0.410. The van der Waals surface area contributed by atoms with Crippen LogP contribution in [0.5, 0.6) is 0 Å². The molecule has 1 N–H and O–H groups in total. The van der Waals surface area contributed by atoms with E-state index >= 15 is 0 Å². The highest BCUT2D eigenvalue weighted by atomic mass is 35.5. The van der Waals surface area contributed by atoms with E-state index in [1.807, 2.05) is 25.3 Å². The highest BCUT2D eigenvalue weighted by molar-refractivity contribution is 8.03. The van der Waals surface area contributed by atoms with Crippen LogP contribution in [0.4, 0.5) is 0 Å². The summed E-state index contributed by atoms with van der Waals surface area (Å²) in [7, 11) is 0. The van der Waals surface area contributed by atoms with Crippen molar-refractivity contribution in [1.82, 2.24) is 5.32 Å². The Morgan fingerprint density at radius 2 is 1.93 bits per heavy atom. The minimum Gasteiger partial charge on any atom is -0.353 e. The van der Waals surface area contributed by atoms with Crippen LogP contribution in [0, 0.1) is 18.3 Å². The largest absolute Gasteiger partial charge is 0.353 e. The lowest BCUT2D eigenvalue weighted by Crippen LogP contribution is -2.27. The van der Waals surface area contributed by atoms with Crippen molar-refractivity contribution in [2.75, 3.05) is 5.75 Å². The van der Waals surface area contributed by atoms with Gasteiger partial charge in [0.25, 0.3) is 0 Å². The third-order valence-electron chi connectivity index (χ3n) is 4.70. The van der Waals surface area contributed by atoms with Crippen molar-refractivity contribution in [3.63, 3.8) is 0 Å². The number of Topliss-reactive ketones (excluding diaryl/α,β-unsaturated/α-hetero) is 2. The Labute approximate surface area is 183 Å². The average Bonchev–Trinajstić information content (AvgIpc) is 3.11. The van der Waals surface area contributed by atoms with E-state index in [2.05, 4.69) is 11.4 Å². The fraction of sp³-hybridized carbons (Fsp3) is 0.227. The van der Waals surface area contributed by atoms with E-state index in [1.54, 1.807) is 24.3 Å². The highest BCUT2D eigenvalue weighted by Gasteiger charge is 2.34. The number of allylic oxidation sites excluding steroid dienone is 3. The number of rotatable bonds is 6. The number of carbonyl (C=O) groups excluding carboxylic acids is 2.